The number of piperidine rings is 1. The highest BCUT2D eigenvalue weighted by molar-refractivity contribution is 5.78. The van der Waals surface area contributed by atoms with Gasteiger partial charge in [0.15, 0.2) is 6.61 Å². The van der Waals surface area contributed by atoms with E-state index in [-0.39, 0.29) is 12.5 Å². The molecule has 1 saturated carbocycles. The number of hydrogen-bond donors (Lipinski definition) is 0. The van der Waals surface area contributed by atoms with Gasteiger partial charge in [-0.15, -0.1) is 0 Å². The lowest BCUT2D eigenvalue weighted by Crippen LogP contribution is -2.41. The molecule has 2 aliphatic rings. The second kappa shape index (κ2) is 11.3. The van der Waals surface area contributed by atoms with Crippen LogP contribution in [0.5, 0.6) is 11.5 Å². The number of hydrogen-bond acceptors (Lipinski definition) is 4. The number of carbonyl (C=O) groups is 1. The number of nitrogens with zero attached hydrogens (tertiary/aromatic N) is 2. The monoisotopic (exact) mass is 480 g/mol. The van der Waals surface area contributed by atoms with Gasteiger partial charge in [-0.25, -0.2) is 0 Å². The molecule has 1 amide bonds. The predicted octanol–water partition coefficient (Wildman–Crippen LogP) is 6.02. The third-order valence-corrected chi connectivity index (χ3v) is 7.10. The molecular weight excluding hydrogens is 448 g/mol. The molecule has 0 atom stereocenters. The van der Waals surface area contributed by atoms with Crippen molar-refractivity contribution in [3.63, 3.8) is 0 Å². The van der Waals surface area contributed by atoms with Gasteiger partial charge in [-0.3, -0.25) is 4.79 Å². The van der Waals surface area contributed by atoms with Crippen LogP contribution in [-0.2, 0) is 11.2 Å². The van der Waals surface area contributed by atoms with Gasteiger partial charge in [0, 0.05) is 18.7 Å². The fourth-order valence-corrected chi connectivity index (χ4v) is 4.78. The lowest BCUT2D eigenvalue weighted by Gasteiger charge is -2.32. The van der Waals surface area contributed by atoms with Crippen molar-refractivity contribution in [3.05, 3.63) is 83.9 Å². The summed E-state index contributed by atoms with van der Waals surface area (Å²) >= 11 is 0. The summed E-state index contributed by atoms with van der Waals surface area (Å²) in [7, 11) is 0. The summed E-state index contributed by atoms with van der Waals surface area (Å²) in [5.74, 6) is 2.35. The van der Waals surface area contributed by atoms with E-state index in [0.29, 0.717) is 23.3 Å². The van der Waals surface area contributed by atoms with Crippen molar-refractivity contribution < 1.29 is 14.3 Å². The highest BCUT2D eigenvalue weighted by Gasteiger charge is 2.24. The van der Waals surface area contributed by atoms with Crippen molar-refractivity contribution in [2.75, 3.05) is 19.7 Å². The zero-order chi connectivity index (χ0) is 24.7. The molecule has 184 valence electrons. The smallest absolute Gasteiger partial charge is 0.260 e. The molecule has 2 fully saturated rings. The molecule has 0 bridgehead atoms. The number of aryl methyl sites for hydroxylation is 1. The van der Waals surface area contributed by atoms with Gasteiger partial charge >= 0.3 is 0 Å². The van der Waals surface area contributed by atoms with E-state index in [1.165, 1.54) is 18.4 Å². The zero-order valence-corrected chi connectivity index (χ0v) is 20.6. The number of amides is 1. The largest absolute Gasteiger partial charge is 0.490 e. The lowest BCUT2D eigenvalue weighted by atomic mass is 9.90. The van der Waals surface area contributed by atoms with E-state index < -0.39 is 0 Å². The number of ether oxygens (including phenoxy) is 2. The summed E-state index contributed by atoms with van der Waals surface area (Å²) in [6.07, 6.45) is 7.04. The van der Waals surface area contributed by atoms with E-state index in [1.54, 1.807) is 12.1 Å². The molecule has 3 aromatic carbocycles. The predicted molar refractivity (Wildman–Crippen MR) is 140 cm³/mol. The standard InChI is InChI=1S/C31H32N2O3/c32-21-25-10-12-26(13-11-25)29-6-1-2-7-30(29)35-22-31(34)33-18-16-23(17-19-33)8-9-24-4-3-5-28(20-24)36-27-14-15-27/h1-7,10-13,20,23,27H,8-9,14-19,22H2. The van der Waals surface area contributed by atoms with Crippen LogP contribution < -0.4 is 9.47 Å². The van der Waals surface area contributed by atoms with Gasteiger partial charge in [0.1, 0.15) is 11.5 Å². The molecular formula is C31H32N2O3. The van der Waals surface area contributed by atoms with Gasteiger partial charge in [-0.05, 0) is 85.9 Å². The Kier molecular flexibility index (Phi) is 7.52. The summed E-state index contributed by atoms with van der Waals surface area (Å²) < 4.78 is 11.9. The Bertz CT molecular complexity index is 1220. The van der Waals surface area contributed by atoms with E-state index >= 15 is 0 Å². The van der Waals surface area contributed by atoms with Crippen LogP contribution in [0.3, 0.4) is 0 Å². The topological polar surface area (TPSA) is 62.6 Å². The maximum absolute atomic E-state index is 12.9. The summed E-state index contributed by atoms with van der Waals surface area (Å²) in [6.45, 7) is 1.61. The van der Waals surface area contributed by atoms with E-state index in [4.69, 9.17) is 14.7 Å². The third kappa shape index (κ3) is 6.26. The Hall–Kier alpha value is -3.78. The van der Waals surface area contributed by atoms with Crippen LogP contribution in [0.2, 0.25) is 0 Å². The maximum Gasteiger partial charge on any atom is 0.260 e. The normalized spacial score (nSPS) is 15.8. The van der Waals surface area contributed by atoms with Crippen LogP contribution in [0.4, 0.5) is 0 Å². The molecule has 0 unspecified atom stereocenters. The van der Waals surface area contributed by atoms with E-state index in [9.17, 15) is 4.79 Å². The molecule has 5 rings (SSSR count). The molecule has 5 heteroatoms. The molecule has 1 aliphatic heterocycles. The SMILES string of the molecule is N#Cc1ccc(-c2ccccc2OCC(=O)N2CCC(CCc3cccc(OC4CC4)c3)CC2)cc1. The minimum absolute atomic E-state index is 0.0335. The first-order valence-corrected chi connectivity index (χ1v) is 12.9. The van der Waals surface area contributed by atoms with Crippen LogP contribution >= 0.6 is 0 Å². The Morgan fingerprint density at radius 2 is 1.72 bits per heavy atom. The fraction of sp³-hybridized carbons (Fsp3) is 0.355. The van der Waals surface area contributed by atoms with Gasteiger partial charge < -0.3 is 14.4 Å². The Morgan fingerprint density at radius 1 is 0.944 bits per heavy atom. The van der Waals surface area contributed by atoms with Crippen molar-refractivity contribution in [2.45, 2.75) is 44.6 Å². The van der Waals surface area contributed by atoms with Crippen LogP contribution in [-0.4, -0.2) is 36.6 Å². The quantitative estimate of drug-likeness (QED) is 0.376. The highest BCUT2D eigenvalue weighted by atomic mass is 16.5. The first kappa shape index (κ1) is 23.9. The second-order valence-corrected chi connectivity index (χ2v) is 9.80. The lowest BCUT2D eigenvalue weighted by molar-refractivity contribution is -0.134. The van der Waals surface area contributed by atoms with Crippen molar-refractivity contribution >= 4 is 5.91 Å². The maximum atomic E-state index is 12.9. The molecule has 36 heavy (non-hydrogen) atoms. The van der Waals surface area contributed by atoms with Crippen molar-refractivity contribution in [1.82, 2.24) is 4.90 Å². The van der Waals surface area contributed by atoms with Crippen molar-refractivity contribution in [3.8, 4) is 28.7 Å². The molecule has 0 aromatic heterocycles. The van der Waals surface area contributed by atoms with Crippen LogP contribution in [0.15, 0.2) is 72.8 Å². The molecule has 0 N–H and O–H groups in total. The summed E-state index contributed by atoms with van der Waals surface area (Å²) in [6, 6.07) is 25.8. The number of nitriles is 1. The van der Waals surface area contributed by atoms with Crippen molar-refractivity contribution in [1.29, 1.82) is 5.26 Å². The van der Waals surface area contributed by atoms with Crippen LogP contribution in [0.1, 0.15) is 43.2 Å². The summed E-state index contributed by atoms with van der Waals surface area (Å²) in [4.78, 5) is 14.8. The van der Waals surface area contributed by atoms with Crippen LogP contribution in [0, 0.1) is 17.2 Å². The second-order valence-electron chi connectivity index (χ2n) is 9.80. The number of rotatable bonds is 9. The minimum Gasteiger partial charge on any atom is -0.490 e. The van der Waals surface area contributed by atoms with Crippen molar-refractivity contribution in [2.24, 2.45) is 5.92 Å². The highest BCUT2D eigenvalue weighted by Crippen LogP contribution is 2.31. The van der Waals surface area contributed by atoms with Gasteiger partial charge in [0.05, 0.1) is 17.7 Å². The third-order valence-electron chi connectivity index (χ3n) is 7.10. The minimum atomic E-state index is 0.0335. The molecule has 1 saturated heterocycles. The summed E-state index contributed by atoms with van der Waals surface area (Å²) in [5.41, 5.74) is 3.83. The first-order chi connectivity index (χ1) is 17.7. The average Bonchev–Trinajstić information content (AvgIpc) is 3.75. The Balaban J connectivity index is 1.09. The molecule has 3 aromatic rings. The number of likely N-dealkylation sites (tertiary alicyclic amines) is 1. The van der Waals surface area contributed by atoms with Gasteiger partial charge in [-0.2, -0.15) is 5.26 Å². The van der Waals surface area contributed by atoms with E-state index in [1.807, 2.05) is 41.3 Å². The van der Waals surface area contributed by atoms with Crippen LogP contribution in [0.25, 0.3) is 11.1 Å². The Labute approximate surface area is 213 Å². The summed E-state index contributed by atoms with van der Waals surface area (Å²) in [5, 5.41) is 9.04. The Morgan fingerprint density at radius 3 is 2.47 bits per heavy atom. The molecule has 5 nitrogen and oxygen atoms in total. The molecule has 0 radical (unpaired) electrons. The number of benzene rings is 3. The van der Waals surface area contributed by atoms with Gasteiger partial charge in [0.25, 0.3) is 5.91 Å². The van der Waals surface area contributed by atoms with E-state index in [2.05, 4.69) is 30.3 Å². The average molecular weight is 481 g/mol. The molecule has 1 heterocycles. The van der Waals surface area contributed by atoms with E-state index in [0.717, 1.165) is 55.6 Å². The fourth-order valence-electron chi connectivity index (χ4n) is 4.78. The van der Waals surface area contributed by atoms with Gasteiger partial charge in [0.2, 0.25) is 0 Å². The zero-order valence-electron chi connectivity index (χ0n) is 20.6. The number of carbonyl (C=O) groups excluding carboxylic acids is 1. The molecule has 1 aliphatic carbocycles. The molecule has 0 spiro atoms. The number of para-hydroxylation sites is 1. The van der Waals surface area contributed by atoms with Gasteiger partial charge in [-0.1, -0.05) is 42.5 Å². The first-order valence-electron chi connectivity index (χ1n) is 12.9.